The van der Waals surface area contributed by atoms with Crippen LogP contribution in [0.25, 0.3) is 5.69 Å². The second-order valence-electron chi connectivity index (χ2n) is 6.87. The highest BCUT2D eigenvalue weighted by Gasteiger charge is 2.20. The third-order valence-electron chi connectivity index (χ3n) is 4.57. The Bertz CT molecular complexity index is 1390. The van der Waals surface area contributed by atoms with Gasteiger partial charge >= 0.3 is 0 Å². The zero-order chi connectivity index (χ0) is 22.7. The molecule has 0 aliphatic rings. The number of aromatic nitrogens is 3. The van der Waals surface area contributed by atoms with E-state index in [1.165, 1.54) is 35.3 Å². The molecular formula is C22H18FN5O3S. The summed E-state index contributed by atoms with van der Waals surface area (Å²) in [5.41, 5.74) is 1.25. The molecule has 10 heteroatoms. The number of carbonyl (C=O) groups is 1. The zero-order valence-corrected chi connectivity index (χ0v) is 17.7. The minimum absolute atomic E-state index is 0.0586. The van der Waals surface area contributed by atoms with Crippen molar-refractivity contribution < 1.29 is 17.6 Å². The Morgan fingerprint density at radius 2 is 1.72 bits per heavy atom. The highest BCUT2D eigenvalue weighted by molar-refractivity contribution is 7.92. The van der Waals surface area contributed by atoms with Crippen LogP contribution in [0.3, 0.4) is 0 Å². The van der Waals surface area contributed by atoms with E-state index in [0.717, 1.165) is 6.07 Å². The molecule has 0 aliphatic heterocycles. The lowest BCUT2D eigenvalue weighted by Gasteiger charge is -2.13. The fourth-order valence-electron chi connectivity index (χ4n) is 2.96. The van der Waals surface area contributed by atoms with Crippen LogP contribution in [0.15, 0.2) is 83.9 Å². The van der Waals surface area contributed by atoms with Gasteiger partial charge < -0.3 is 5.32 Å². The number of aryl methyl sites for hydroxylation is 1. The van der Waals surface area contributed by atoms with Gasteiger partial charge in [0.15, 0.2) is 5.69 Å². The number of nitrogens with one attached hydrogen (secondary N) is 2. The monoisotopic (exact) mass is 451 g/mol. The summed E-state index contributed by atoms with van der Waals surface area (Å²) in [5.74, 6) is -1.25. The van der Waals surface area contributed by atoms with Gasteiger partial charge in [0.2, 0.25) is 0 Å². The average Bonchev–Trinajstić information content (AvgIpc) is 3.28. The number of para-hydroxylation sites is 2. The minimum atomic E-state index is -4.09. The SMILES string of the molecule is Cc1ccc(NC(=O)c2cnn(-c3ccccc3)n2)cc1S(=O)(=O)Nc1ccccc1F. The van der Waals surface area contributed by atoms with E-state index >= 15 is 0 Å². The summed E-state index contributed by atoms with van der Waals surface area (Å²) in [6.45, 7) is 1.60. The third kappa shape index (κ3) is 4.49. The topological polar surface area (TPSA) is 106 Å². The maximum absolute atomic E-state index is 13.9. The van der Waals surface area contributed by atoms with Crippen molar-refractivity contribution in [2.75, 3.05) is 10.0 Å². The van der Waals surface area contributed by atoms with Gasteiger partial charge in [-0.2, -0.15) is 9.90 Å². The second kappa shape index (κ2) is 8.60. The summed E-state index contributed by atoms with van der Waals surface area (Å²) in [6, 6.07) is 19.0. The Morgan fingerprint density at radius 1 is 1.00 bits per heavy atom. The molecule has 0 atom stereocenters. The molecule has 4 rings (SSSR count). The molecule has 0 aliphatic carbocycles. The average molecular weight is 451 g/mol. The molecule has 162 valence electrons. The summed E-state index contributed by atoms with van der Waals surface area (Å²) >= 11 is 0. The molecule has 0 spiro atoms. The Labute approximate surface area is 183 Å². The molecule has 0 saturated heterocycles. The van der Waals surface area contributed by atoms with Gasteiger partial charge in [0.05, 0.1) is 22.5 Å². The van der Waals surface area contributed by atoms with Crippen molar-refractivity contribution in [2.45, 2.75) is 11.8 Å². The van der Waals surface area contributed by atoms with Gasteiger partial charge in [-0.1, -0.05) is 36.4 Å². The van der Waals surface area contributed by atoms with Crippen LogP contribution in [0.1, 0.15) is 16.1 Å². The third-order valence-corrected chi connectivity index (χ3v) is 6.07. The van der Waals surface area contributed by atoms with Crippen LogP contribution in [0.4, 0.5) is 15.8 Å². The number of sulfonamides is 1. The van der Waals surface area contributed by atoms with Crippen molar-refractivity contribution in [3.05, 3.63) is 96.1 Å². The van der Waals surface area contributed by atoms with Crippen molar-refractivity contribution in [1.82, 2.24) is 15.0 Å². The molecule has 0 radical (unpaired) electrons. The number of halogens is 1. The molecule has 8 nitrogen and oxygen atoms in total. The Morgan fingerprint density at radius 3 is 2.47 bits per heavy atom. The van der Waals surface area contributed by atoms with Crippen LogP contribution < -0.4 is 10.0 Å². The van der Waals surface area contributed by atoms with Gasteiger partial charge in [0.25, 0.3) is 15.9 Å². The van der Waals surface area contributed by atoms with E-state index in [4.69, 9.17) is 0 Å². The van der Waals surface area contributed by atoms with E-state index in [1.54, 1.807) is 31.2 Å². The van der Waals surface area contributed by atoms with Gasteiger partial charge in [-0.15, -0.1) is 5.10 Å². The van der Waals surface area contributed by atoms with Crippen molar-refractivity contribution in [3.63, 3.8) is 0 Å². The number of benzene rings is 3. The summed E-state index contributed by atoms with van der Waals surface area (Å²) in [4.78, 5) is 13.8. The molecule has 0 fully saturated rings. The van der Waals surface area contributed by atoms with Crippen LogP contribution in [0.2, 0.25) is 0 Å². The van der Waals surface area contributed by atoms with Gasteiger partial charge in [-0.25, -0.2) is 12.8 Å². The largest absolute Gasteiger partial charge is 0.321 e. The lowest BCUT2D eigenvalue weighted by Crippen LogP contribution is -2.17. The number of anilines is 2. The van der Waals surface area contributed by atoms with Crippen LogP contribution in [-0.4, -0.2) is 29.3 Å². The summed E-state index contributed by atoms with van der Waals surface area (Å²) in [6.07, 6.45) is 1.31. The summed E-state index contributed by atoms with van der Waals surface area (Å²) in [7, 11) is -4.09. The maximum Gasteiger partial charge on any atom is 0.277 e. The van der Waals surface area contributed by atoms with Crippen molar-refractivity contribution in [2.24, 2.45) is 0 Å². The van der Waals surface area contributed by atoms with Gasteiger partial charge in [0.1, 0.15) is 5.82 Å². The summed E-state index contributed by atoms with van der Waals surface area (Å²) < 4.78 is 41.8. The van der Waals surface area contributed by atoms with Crippen LogP contribution in [0, 0.1) is 12.7 Å². The van der Waals surface area contributed by atoms with E-state index < -0.39 is 21.7 Å². The second-order valence-corrected chi connectivity index (χ2v) is 8.53. The lowest BCUT2D eigenvalue weighted by molar-refractivity contribution is 0.102. The van der Waals surface area contributed by atoms with Crippen molar-refractivity contribution in [1.29, 1.82) is 0 Å². The first-order valence-corrected chi connectivity index (χ1v) is 11.0. The number of hydrogen-bond donors (Lipinski definition) is 2. The number of amides is 1. The normalized spacial score (nSPS) is 11.2. The van der Waals surface area contributed by atoms with E-state index in [9.17, 15) is 17.6 Å². The number of carbonyl (C=O) groups excluding carboxylic acids is 1. The first-order chi connectivity index (χ1) is 15.3. The Kier molecular flexibility index (Phi) is 5.69. The highest BCUT2D eigenvalue weighted by Crippen LogP contribution is 2.24. The summed E-state index contributed by atoms with van der Waals surface area (Å²) in [5, 5.41) is 10.8. The molecule has 1 amide bonds. The number of rotatable bonds is 6. The quantitative estimate of drug-likeness (QED) is 0.464. The lowest BCUT2D eigenvalue weighted by atomic mass is 10.2. The predicted octanol–water partition coefficient (Wildman–Crippen LogP) is 3.77. The number of hydrogen-bond acceptors (Lipinski definition) is 5. The fourth-order valence-corrected chi connectivity index (χ4v) is 4.30. The molecule has 32 heavy (non-hydrogen) atoms. The van der Waals surface area contributed by atoms with Crippen LogP contribution in [-0.2, 0) is 10.0 Å². The maximum atomic E-state index is 13.9. The van der Waals surface area contributed by atoms with Gasteiger partial charge in [0, 0.05) is 5.69 Å². The standard InChI is InChI=1S/C22H18FN5O3S/c1-15-11-12-16(13-21(15)32(30,31)27-19-10-6-5-9-18(19)23)25-22(29)20-14-24-28(26-20)17-7-3-2-4-8-17/h2-14,27H,1H3,(H,25,29). The molecule has 4 aromatic rings. The van der Waals surface area contributed by atoms with E-state index in [2.05, 4.69) is 20.2 Å². The molecule has 0 bridgehead atoms. The minimum Gasteiger partial charge on any atom is -0.321 e. The van der Waals surface area contributed by atoms with E-state index in [-0.39, 0.29) is 22.0 Å². The Hall–Kier alpha value is -4.05. The molecule has 2 N–H and O–H groups in total. The van der Waals surface area contributed by atoms with E-state index in [1.807, 2.05) is 18.2 Å². The van der Waals surface area contributed by atoms with Gasteiger partial charge in [-0.05, 0) is 48.9 Å². The first-order valence-electron chi connectivity index (χ1n) is 9.50. The highest BCUT2D eigenvalue weighted by atomic mass is 32.2. The van der Waals surface area contributed by atoms with Crippen molar-refractivity contribution in [3.8, 4) is 5.69 Å². The van der Waals surface area contributed by atoms with Crippen LogP contribution >= 0.6 is 0 Å². The molecule has 0 saturated carbocycles. The van der Waals surface area contributed by atoms with E-state index in [0.29, 0.717) is 11.3 Å². The molecule has 1 heterocycles. The fraction of sp³-hybridized carbons (Fsp3) is 0.0455. The first kappa shape index (κ1) is 21.2. The molecule has 1 aromatic heterocycles. The van der Waals surface area contributed by atoms with Crippen molar-refractivity contribution >= 4 is 27.3 Å². The number of nitrogens with zero attached hydrogens (tertiary/aromatic N) is 3. The molecular weight excluding hydrogens is 433 g/mol. The molecule has 0 unspecified atom stereocenters. The Balaban J connectivity index is 1.56. The van der Waals surface area contributed by atoms with Crippen LogP contribution in [0.5, 0.6) is 0 Å². The van der Waals surface area contributed by atoms with Gasteiger partial charge in [-0.3, -0.25) is 9.52 Å². The smallest absolute Gasteiger partial charge is 0.277 e. The molecule has 3 aromatic carbocycles. The predicted molar refractivity (Wildman–Crippen MR) is 118 cm³/mol. The zero-order valence-electron chi connectivity index (χ0n) is 16.9.